The predicted molar refractivity (Wildman–Crippen MR) is 127 cm³/mol. The third-order valence-corrected chi connectivity index (χ3v) is 5.32. The second-order valence-corrected chi connectivity index (χ2v) is 8.01. The van der Waals surface area contributed by atoms with Gasteiger partial charge in [-0.1, -0.05) is 35.9 Å². The lowest BCUT2D eigenvalue weighted by Gasteiger charge is -2.16. The number of aryl methyl sites for hydroxylation is 4. The van der Waals surface area contributed by atoms with Gasteiger partial charge in [-0.05, 0) is 70.9 Å². The van der Waals surface area contributed by atoms with Crippen LogP contribution in [0.15, 0.2) is 48.5 Å². The van der Waals surface area contributed by atoms with Gasteiger partial charge in [0, 0.05) is 23.0 Å². The summed E-state index contributed by atoms with van der Waals surface area (Å²) < 4.78 is 7.15. The van der Waals surface area contributed by atoms with Crippen LogP contribution in [0.5, 0.6) is 0 Å². The van der Waals surface area contributed by atoms with Crippen molar-refractivity contribution >= 4 is 23.6 Å². The molecule has 1 amide bonds. The van der Waals surface area contributed by atoms with E-state index in [1.165, 1.54) is 6.08 Å². The molecular weight excluding hydrogens is 402 g/mol. The summed E-state index contributed by atoms with van der Waals surface area (Å²) >= 11 is 0. The van der Waals surface area contributed by atoms with Gasteiger partial charge in [0.2, 0.25) is 0 Å². The number of rotatable bonds is 6. The van der Waals surface area contributed by atoms with Gasteiger partial charge < -0.3 is 10.1 Å². The Morgan fingerprint density at radius 2 is 1.66 bits per heavy atom. The first-order chi connectivity index (χ1) is 15.2. The molecule has 1 N–H and O–H groups in total. The third kappa shape index (κ3) is 5.14. The second kappa shape index (κ2) is 9.64. The summed E-state index contributed by atoms with van der Waals surface area (Å²) in [5.41, 5.74) is 7.31. The molecule has 0 radical (unpaired) electrons. The molecule has 1 unspecified atom stereocenters. The van der Waals surface area contributed by atoms with E-state index in [1.807, 2.05) is 81.8 Å². The fraction of sp³-hybridized carbons (Fsp3) is 0.269. The molecule has 32 heavy (non-hydrogen) atoms. The molecule has 0 spiro atoms. The van der Waals surface area contributed by atoms with Crippen LogP contribution in [0.4, 0.5) is 5.69 Å². The Morgan fingerprint density at radius 1 is 1.03 bits per heavy atom. The summed E-state index contributed by atoms with van der Waals surface area (Å²) in [6.07, 6.45) is 2.08. The number of esters is 1. The van der Waals surface area contributed by atoms with Gasteiger partial charge in [0.05, 0.1) is 11.4 Å². The molecule has 0 aliphatic carbocycles. The number of aromatic nitrogens is 2. The molecular formula is C26H29N3O3. The fourth-order valence-electron chi connectivity index (χ4n) is 3.74. The van der Waals surface area contributed by atoms with E-state index >= 15 is 0 Å². The van der Waals surface area contributed by atoms with E-state index in [1.54, 1.807) is 13.0 Å². The minimum Gasteiger partial charge on any atom is -0.449 e. The minimum atomic E-state index is -0.929. The predicted octanol–water partition coefficient (Wildman–Crippen LogP) is 5.00. The number of hydrogen-bond donors (Lipinski definition) is 1. The Balaban J connectivity index is 1.67. The summed E-state index contributed by atoms with van der Waals surface area (Å²) in [6, 6.07) is 13.8. The number of ether oxygens (including phenoxy) is 1. The topological polar surface area (TPSA) is 73.2 Å². The van der Waals surface area contributed by atoms with Gasteiger partial charge in [-0.3, -0.25) is 4.79 Å². The van der Waals surface area contributed by atoms with E-state index in [0.717, 1.165) is 45.0 Å². The minimum absolute atomic E-state index is 0.369. The van der Waals surface area contributed by atoms with Crippen molar-refractivity contribution in [2.45, 2.75) is 47.6 Å². The first kappa shape index (κ1) is 23.0. The molecule has 2 aromatic carbocycles. The molecule has 3 rings (SSSR count). The summed E-state index contributed by atoms with van der Waals surface area (Å²) in [7, 11) is 0. The van der Waals surface area contributed by atoms with Crippen molar-refractivity contribution in [3.8, 4) is 5.69 Å². The lowest BCUT2D eigenvalue weighted by atomic mass is 10.0. The molecule has 0 bridgehead atoms. The Labute approximate surface area is 188 Å². The van der Waals surface area contributed by atoms with Crippen LogP contribution in [0.2, 0.25) is 0 Å². The van der Waals surface area contributed by atoms with Crippen molar-refractivity contribution in [1.29, 1.82) is 0 Å². The SMILES string of the molecule is Cc1cc(C)c(NC(=O)C(C)OC(=O)/C=C/c2c(C)nn(-c3ccccc3)c2C)c(C)c1. The molecule has 0 aliphatic rings. The van der Waals surface area contributed by atoms with Crippen LogP contribution in [-0.4, -0.2) is 27.8 Å². The third-order valence-electron chi connectivity index (χ3n) is 5.32. The van der Waals surface area contributed by atoms with Crippen molar-refractivity contribution < 1.29 is 14.3 Å². The number of amides is 1. The number of benzene rings is 2. The number of carbonyl (C=O) groups is 2. The monoisotopic (exact) mass is 431 g/mol. The number of hydrogen-bond acceptors (Lipinski definition) is 4. The molecule has 1 aromatic heterocycles. The first-order valence-electron chi connectivity index (χ1n) is 10.6. The van der Waals surface area contributed by atoms with E-state index in [9.17, 15) is 9.59 Å². The van der Waals surface area contributed by atoms with Gasteiger partial charge in [-0.25, -0.2) is 9.48 Å². The Bertz CT molecular complexity index is 1150. The zero-order valence-electron chi connectivity index (χ0n) is 19.4. The summed E-state index contributed by atoms with van der Waals surface area (Å²) in [6.45, 7) is 11.3. The molecule has 3 aromatic rings. The maximum atomic E-state index is 12.6. The maximum Gasteiger partial charge on any atom is 0.331 e. The van der Waals surface area contributed by atoms with Crippen LogP contribution in [0.1, 0.15) is 40.6 Å². The fourth-order valence-corrected chi connectivity index (χ4v) is 3.74. The Morgan fingerprint density at radius 3 is 2.28 bits per heavy atom. The zero-order valence-corrected chi connectivity index (χ0v) is 19.4. The smallest absolute Gasteiger partial charge is 0.331 e. The maximum absolute atomic E-state index is 12.6. The molecule has 0 saturated heterocycles. The van der Waals surface area contributed by atoms with Crippen molar-refractivity contribution in [3.05, 3.63) is 82.2 Å². The molecule has 0 aliphatic heterocycles. The van der Waals surface area contributed by atoms with Crippen molar-refractivity contribution in [2.24, 2.45) is 0 Å². The lowest BCUT2D eigenvalue weighted by Crippen LogP contribution is -2.30. The first-order valence-corrected chi connectivity index (χ1v) is 10.6. The number of anilines is 1. The quantitative estimate of drug-likeness (QED) is 0.440. The summed E-state index contributed by atoms with van der Waals surface area (Å²) in [5.74, 6) is -0.956. The highest BCUT2D eigenvalue weighted by atomic mass is 16.5. The van der Waals surface area contributed by atoms with Crippen LogP contribution in [0, 0.1) is 34.6 Å². The highest BCUT2D eigenvalue weighted by molar-refractivity contribution is 5.97. The second-order valence-electron chi connectivity index (χ2n) is 8.01. The van der Waals surface area contributed by atoms with E-state index in [2.05, 4.69) is 10.4 Å². The van der Waals surface area contributed by atoms with Crippen LogP contribution < -0.4 is 5.32 Å². The van der Waals surface area contributed by atoms with Crippen LogP contribution in [-0.2, 0) is 14.3 Å². The molecule has 1 heterocycles. The van der Waals surface area contributed by atoms with Crippen LogP contribution in [0.3, 0.4) is 0 Å². The molecule has 166 valence electrons. The molecule has 0 fully saturated rings. The number of para-hydroxylation sites is 1. The average molecular weight is 432 g/mol. The normalized spacial score (nSPS) is 12.1. The molecule has 6 nitrogen and oxygen atoms in total. The van der Waals surface area contributed by atoms with Crippen LogP contribution >= 0.6 is 0 Å². The summed E-state index contributed by atoms with van der Waals surface area (Å²) in [5, 5.41) is 7.44. The van der Waals surface area contributed by atoms with Gasteiger partial charge >= 0.3 is 5.97 Å². The van der Waals surface area contributed by atoms with E-state index in [4.69, 9.17) is 4.74 Å². The summed E-state index contributed by atoms with van der Waals surface area (Å²) in [4.78, 5) is 24.9. The van der Waals surface area contributed by atoms with Crippen LogP contribution in [0.25, 0.3) is 11.8 Å². The van der Waals surface area contributed by atoms with Crippen molar-refractivity contribution in [2.75, 3.05) is 5.32 Å². The number of nitrogens with zero attached hydrogens (tertiary/aromatic N) is 2. The van der Waals surface area contributed by atoms with E-state index in [0.29, 0.717) is 0 Å². The van der Waals surface area contributed by atoms with E-state index in [-0.39, 0.29) is 5.91 Å². The molecule has 6 heteroatoms. The highest BCUT2D eigenvalue weighted by Gasteiger charge is 2.19. The van der Waals surface area contributed by atoms with Crippen molar-refractivity contribution in [1.82, 2.24) is 9.78 Å². The molecule has 0 saturated carbocycles. The number of nitrogens with one attached hydrogen (secondary N) is 1. The lowest BCUT2D eigenvalue weighted by molar-refractivity contribution is -0.148. The van der Waals surface area contributed by atoms with Gasteiger partial charge in [-0.2, -0.15) is 5.10 Å². The van der Waals surface area contributed by atoms with Gasteiger partial charge in [0.1, 0.15) is 0 Å². The number of carbonyl (C=O) groups excluding carboxylic acids is 2. The van der Waals surface area contributed by atoms with E-state index < -0.39 is 12.1 Å². The Hall–Kier alpha value is -3.67. The van der Waals surface area contributed by atoms with Gasteiger partial charge in [0.25, 0.3) is 5.91 Å². The average Bonchev–Trinajstić information content (AvgIpc) is 3.03. The van der Waals surface area contributed by atoms with Gasteiger partial charge in [-0.15, -0.1) is 0 Å². The highest BCUT2D eigenvalue weighted by Crippen LogP contribution is 2.22. The standard InChI is InChI=1S/C26H29N3O3/c1-16-14-17(2)25(18(3)15-16)27-26(31)21(6)32-24(30)13-12-23-19(4)28-29(20(23)5)22-10-8-7-9-11-22/h7-15,21H,1-6H3,(H,27,31)/b13-12+. The molecule has 1 atom stereocenters. The zero-order chi connectivity index (χ0) is 23.4. The van der Waals surface area contributed by atoms with Crippen molar-refractivity contribution in [3.63, 3.8) is 0 Å². The Kier molecular flexibility index (Phi) is 6.93. The largest absolute Gasteiger partial charge is 0.449 e. The van der Waals surface area contributed by atoms with Gasteiger partial charge in [0.15, 0.2) is 6.10 Å².